The summed E-state index contributed by atoms with van der Waals surface area (Å²) in [6.07, 6.45) is 4.20. The molecule has 0 aliphatic heterocycles. The fourth-order valence-electron chi connectivity index (χ4n) is 8.82. The average Bonchev–Trinajstić information content (AvgIpc) is 3.25. The van der Waals surface area contributed by atoms with Crippen LogP contribution in [0.3, 0.4) is 0 Å². The van der Waals surface area contributed by atoms with Crippen LogP contribution in [0, 0.1) is 0 Å². The van der Waals surface area contributed by atoms with E-state index in [0.29, 0.717) is 0 Å². The molecule has 10 rings (SSSR count). The number of fused-ring (bicyclic) bond motifs is 8. The minimum Gasteiger partial charge on any atom is -0.277 e. The minimum atomic E-state index is -0.0755. The maximum Gasteiger partial charge on any atom is 0.0728 e. The fourth-order valence-corrected chi connectivity index (χ4v) is 8.82. The molecular weight excluding hydrogens is 663 g/mol. The maximum absolute atomic E-state index is 5.35. The van der Waals surface area contributed by atoms with Gasteiger partial charge in [0.15, 0.2) is 0 Å². The number of nitrogens with zero attached hydrogens (tertiary/aromatic N) is 1. The molecule has 10 aromatic rings. The van der Waals surface area contributed by atoms with Crippen LogP contribution in [0.2, 0.25) is 0 Å². The lowest BCUT2D eigenvalue weighted by molar-refractivity contribution is 0.823. The number of hydrogen-bond acceptors (Lipinski definition) is 1. The summed E-state index contributed by atoms with van der Waals surface area (Å²) in [5, 5.41) is 15.1. The van der Waals surface area contributed by atoms with Gasteiger partial charge in [0.2, 0.25) is 0 Å². The highest BCUT2D eigenvalue weighted by molar-refractivity contribution is 6.28. The van der Waals surface area contributed by atoms with Gasteiger partial charge in [0.25, 0.3) is 0 Å². The molecule has 260 valence electrons. The van der Waals surface area contributed by atoms with Gasteiger partial charge in [0.1, 0.15) is 0 Å². The molecule has 1 unspecified atom stereocenters. The van der Waals surface area contributed by atoms with Crippen molar-refractivity contribution in [2.75, 3.05) is 0 Å². The molecule has 0 saturated heterocycles. The molecule has 0 aliphatic rings. The van der Waals surface area contributed by atoms with Crippen molar-refractivity contribution < 1.29 is 0 Å². The highest BCUT2D eigenvalue weighted by atomic mass is 14.8. The van der Waals surface area contributed by atoms with Crippen molar-refractivity contribution in [3.63, 3.8) is 0 Å². The first-order valence-electron chi connectivity index (χ1n) is 19.2. The second kappa shape index (κ2) is 13.5. The van der Waals surface area contributed by atoms with E-state index in [4.69, 9.17) is 4.99 Å². The van der Waals surface area contributed by atoms with Gasteiger partial charge in [0, 0.05) is 0 Å². The van der Waals surface area contributed by atoms with E-state index in [0.717, 1.165) is 11.3 Å². The van der Waals surface area contributed by atoms with Gasteiger partial charge in [-0.2, -0.15) is 0 Å². The monoisotopic (exact) mass is 701 g/mol. The standard InChI is InChI=1S/C54H39N/c1-3-17-52(36-18-5-4-6-19-36)55-35(2)37-30-31-48-51(32-37)54(50-34-39-21-8-10-23-41(39)43-25-12-14-27-45(43)50)47-29-16-15-28-46(47)53(48)49-33-38-20-7-9-22-40(38)42-24-11-13-26-44(42)49/h3-35H,1-2H3/b17-3-,55-52?. The van der Waals surface area contributed by atoms with E-state index in [-0.39, 0.29) is 6.04 Å². The van der Waals surface area contributed by atoms with Gasteiger partial charge in [-0.05, 0) is 136 Å². The van der Waals surface area contributed by atoms with Crippen LogP contribution >= 0.6 is 0 Å². The number of allylic oxidation sites excluding steroid dienone is 2. The quantitative estimate of drug-likeness (QED) is 0.0930. The predicted octanol–water partition coefficient (Wildman–Crippen LogP) is 15.1. The van der Waals surface area contributed by atoms with Gasteiger partial charge < -0.3 is 0 Å². The van der Waals surface area contributed by atoms with Gasteiger partial charge in [-0.25, -0.2) is 0 Å². The summed E-state index contributed by atoms with van der Waals surface area (Å²) < 4.78 is 0. The highest BCUT2D eigenvalue weighted by Gasteiger charge is 2.22. The number of rotatable bonds is 6. The molecule has 0 spiro atoms. The first-order chi connectivity index (χ1) is 27.2. The molecule has 55 heavy (non-hydrogen) atoms. The normalized spacial score (nSPS) is 12.9. The van der Waals surface area contributed by atoms with Gasteiger partial charge >= 0.3 is 0 Å². The Morgan fingerprint density at radius 3 is 1.40 bits per heavy atom. The third-order valence-corrected chi connectivity index (χ3v) is 11.3. The van der Waals surface area contributed by atoms with Crippen molar-refractivity contribution in [1.29, 1.82) is 0 Å². The SMILES string of the molecule is C/C=C\C(=NC(C)c1ccc2c(-c3cc4ccccc4c4ccccc34)c3ccccc3c(-c3cc4ccccc4c4ccccc34)c2c1)c1ccccc1. The Labute approximate surface area is 321 Å². The zero-order chi connectivity index (χ0) is 36.9. The lowest BCUT2D eigenvalue weighted by Gasteiger charge is -2.22. The van der Waals surface area contributed by atoms with Crippen molar-refractivity contribution in [3.05, 3.63) is 205 Å². The molecule has 10 aromatic carbocycles. The summed E-state index contributed by atoms with van der Waals surface area (Å²) in [5.41, 5.74) is 8.31. The smallest absolute Gasteiger partial charge is 0.0728 e. The highest BCUT2D eigenvalue weighted by Crippen LogP contribution is 2.49. The van der Waals surface area contributed by atoms with E-state index in [1.807, 2.05) is 0 Å². The lowest BCUT2D eigenvalue weighted by atomic mass is 9.81. The van der Waals surface area contributed by atoms with Crippen LogP contribution in [0.5, 0.6) is 0 Å². The minimum absolute atomic E-state index is 0.0755. The van der Waals surface area contributed by atoms with E-state index < -0.39 is 0 Å². The van der Waals surface area contributed by atoms with Crippen molar-refractivity contribution in [1.82, 2.24) is 0 Å². The first kappa shape index (κ1) is 32.8. The van der Waals surface area contributed by atoms with Gasteiger partial charge in [0.05, 0.1) is 11.8 Å². The largest absolute Gasteiger partial charge is 0.277 e. The van der Waals surface area contributed by atoms with Crippen molar-refractivity contribution in [3.8, 4) is 22.3 Å². The number of benzene rings is 10. The summed E-state index contributed by atoms with van der Waals surface area (Å²) in [4.78, 5) is 5.35. The van der Waals surface area contributed by atoms with E-state index >= 15 is 0 Å². The Bertz CT molecular complexity index is 3170. The molecule has 0 fully saturated rings. The molecule has 0 radical (unpaired) electrons. The zero-order valence-electron chi connectivity index (χ0n) is 31.0. The Morgan fingerprint density at radius 2 is 0.855 bits per heavy atom. The zero-order valence-corrected chi connectivity index (χ0v) is 31.0. The van der Waals surface area contributed by atoms with Crippen LogP contribution in [-0.2, 0) is 0 Å². The summed E-state index contributed by atoms with van der Waals surface area (Å²) >= 11 is 0. The summed E-state index contributed by atoms with van der Waals surface area (Å²) in [6, 6.07) is 66.8. The van der Waals surface area contributed by atoms with Gasteiger partial charge in [-0.3, -0.25) is 4.99 Å². The van der Waals surface area contributed by atoms with E-state index in [9.17, 15) is 0 Å². The Kier molecular flexibility index (Phi) is 8.07. The Hall–Kier alpha value is -6.83. The van der Waals surface area contributed by atoms with Crippen molar-refractivity contribution in [2.45, 2.75) is 19.9 Å². The third kappa shape index (κ3) is 5.51. The molecule has 0 aromatic heterocycles. The molecule has 0 bridgehead atoms. The van der Waals surface area contributed by atoms with Gasteiger partial charge in [-0.1, -0.05) is 170 Å². The number of aliphatic imine (C=N–C) groups is 1. The number of hydrogen-bond donors (Lipinski definition) is 0. The third-order valence-electron chi connectivity index (χ3n) is 11.3. The van der Waals surface area contributed by atoms with E-state index in [2.05, 4.69) is 208 Å². The molecular formula is C54H39N. The van der Waals surface area contributed by atoms with Crippen LogP contribution in [0.15, 0.2) is 199 Å². The molecule has 1 nitrogen and oxygen atoms in total. The first-order valence-corrected chi connectivity index (χ1v) is 19.2. The molecule has 1 heteroatoms. The van der Waals surface area contributed by atoms with Crippen LogP contribution in [-0.4, -0.2) is 5.71 Å². The van der Waals surface area contributed by atoms with E-state index in [1.165, 1.54) is 92.5 Å². The summed E-state index contributed by atoms with van der Waals surface area (Å²) in [6.45, 7) is 4.28. The van der Waals surface area contributed by atoms with Crippen LogP contribution in [0.25, 0.3) is 86.9 Å². The molecule has 0 heterocycles. The van der Waals surface area contributed by atoms with Crippen molar-refractivity contribution >= 4 is 70.3 Å². The molecule has 1 atom stereocenters. The second-order valence-electron chi connectivity index (χ2n) is 14.5. The van der Waals surface area contributed by atoms with Crippen LogP contribution < -0.4 is 0 Å². The van der Waals surface area contributed by atoms with Crippen LogP contribution in [0.4, 0.5) is 0 Å². The molecule has 0 amide bonds. The van der Waals surface area contributed by atoms with E-state index in [1.54, 1.807) is 0 Å². The van der Waals surface area contributed by atoms with Crippen molar-refractivity contribution in [2.24, 2.45) is 4.99 Å². The second-order valence-corrected chi connectivity index (χ2v) is 14.5. The molecule has 0 aliphatic carbocycles. The summed E-state index contributed by atoms with van der Waals surface area (Å²) in [7, 11) is 0. The average molecular weight is 702 g/mol. The fraction of sp³-hybridized carbons (Fsp3) is 0.0556. The lowest BCUT2D eigenvalue weighted by Crippen LogP contribution is -2.01. The predicted molar refractivity (Wildman–Crippen MR) is 239 cm³/mol. The Morgan fingerprint density at radius 1 is 0.418 bits per heavy atom. The topological polar surface area (TPSA) is 12.4 Å². The summed E-state index contributed by atoms with van der Waals surface area (Å²) in [5.74, 6) is 0. The maximum atomic E-state index is 5.35. The Balaban J connectivity index is 1.34. The van der Waals surface area contributed by atoms with Gasteiger partial charge in [-0.15, -0.1) is 0 Å². The molecule has 0 saturated carbocycles. The van der Waals surface area contributed by atoms with Crippen LogP contribution in [0.1, 0.15) is 31.0 Å². The molecule has 0 N–H and O–H groups in total.